The fourth-order valence-electron chi connectivity index (χ4n) is 3.58. The third kappa shape index (κ3) is 3.45. The molecule has 2 aliphatic rings. The number of nitrogens with one attached hydrogen (secondary N) is 1. The maximum Gasteiger partial charge on any atom is 0.278 e. The summed E-state index contributed by atoms with van der Waals surface area (Å²) in [6, 6.07) is 2.35. The zero-order chi connectivity index (χ0) is 16.2. The Balaban J connectivity index is 2.04. The number of H-pyrrole nitrogens is 1. The predicted molar refractivity (Wildman–Crippen MR) is 90.3 cm³/mol. The number of fused-ring (bicyclic) bond motifs is 1. The highest BCUT2D eigenvalue weighted by molar-refractivity contribution is 7.99. The van der Waals surface area contributed by atoms with Gasteiger partial charge in [0, 0.05) is 5.56 Å². The van der Waals surface area contributed by atoms with E-state index in [0.29, 0.717) is 5.56 Å². The normalized spacial score (nSPS) is 17.4. The third-order valence-electron chi connectivity index (χ3n) is 4.66. The number of aromatic nitrogens is 1. The molecule has 1 aliphatic heterocycles. The quantitative estimate of drug-likeness (QED) is 0.853. The van der Waals surface area contributed by atoms with E-state index < -0.39 is 0 Å². The number of carbonyl (C=O) groups excluding carboxylic acids is 1. The Bertz CT molecular complexity index is 647. The van der Waals surface area contributed by atoms with Crippen molar-refractivity contribution >= 4 is 23.5 Å². The van der Waals surface area contributed by atoms with Crippen molar-refractivity contribution in [2.75, 3.05) is 23.7 Å². The lowest BCUT2D eigenvalue weighted by Gasteiger charge is -2.26. The standard InChI is InChI=1S/C17H22N4OS/c18-10-14-12-6-2-3-7-13(12)16(21-8-4-1-5-9-21)20-17(14)23-11-15(19)22/h1-9,11H2,(H2,19,22)/p+1. The van der Waals surface area contributed by atoms with Crippen LogP contribution in [0.2, 0.25) is 0 Å². The molecular formula is C17H23N4OS+. The first-order chi connectivity index (χ1) is 11.2. The third-order valence-corrected chi connectivity index (χ3v) is 5.68. The van der Waals surface area contributed by atoms with Crippen molar-refractivity contribution in [3.05, 3.63) is 16.7 Å². The zero-order valence-corrected chi connectivity index (χ0v) is 14.2. The molecule has 0 unspecified atom stereocenters. The van der Waals surface area contributed by atoms with Gasteiger partial charge in [0.2, 0.25) is 5.91 Å². The molecule has 0 atom stereocenters. The number of amides is 1. The van der Waals surface area contributed by atoms with Gasteiger partial charge in [0.1, 0.15) is 11.6 Å². The van der Waals surface area contributed by atoms with Crippen LogP contribution in [0.1, 0.15) is 48.8 Å². The van der Waals surface area contributed by atoms with E-state index in [1.165, 1.54) is 54.4 Å². The summed E-state index contributed by atoms with van der Waals surface area (Å²) in [6.07, 6.45) is 8.02. The van der Waals surface area contributed by atoms with Crippen LogP contribution in [0, 0.1) is 11.3 Å². The molecule has 3 rings (SSSR count). The number of rotatable bonds is 4. The number of nitrogens with two attached hydrogens (primary N) is 1. The summed E-state index contributed by atoms with van der Waals surface area (Å²) in [5, 5.41) is 10.4. The van der Waals surface area contributed by atoms with Crippen LogP contribution in [0.4, 0.5) is 5.82 Å². The lowest BCUT2D eigenvalue weighted by Crippen LogP contribution is -2.37. The molecule has 0 bridgehead atoms. The molecule has 23 heavy (non-hydrogen) atoms. The first kappa shape index (κ1) is 16.1. The number of nitrogens with zero attached hydrogens (tertiary/aromatic N) is 2. The fraction of sp³-hybridized carbons (Fsp3) is 0.588. The number of nitriles is 1. The van der Waals surface area contributed by atoms with Gasteiger partial charge in [0.15, 0.2) is 5.03 Å². The lowest BCUT2D eigenvalue weighted by atomic mass is 9.89. The van der Waals surface area contributed by atoms with Crippen LogP contribution in [0.3, 0.4) is 0 Å². The van der Waals surface area contributed by atoms with E-state index in [9.17, 15) is 10.1 Å². The molecule has 2 heterocycles. The van der Waals surface area contributed by atoms with Crippen molar-refractivity contribution in [2.24, 2.45) is 5.73 Å². The van der Waals surface area contributed by atoms with Crippen molar-refractivity contribution in [2.45, 2.75) is 50.0 Å². The molecule has 1 fully saturated rings. The van der Waals surface area contributed by atoms with Gasteiger partial charge in [0.05, 0.1) is 18.8 Å². The zero-order valence-electron chi connectivity index (χ0n) is 13.4. The number of piperidine rings is 1. The van der Waals surface area contributed by atoms with E-state index in [0.717, 1.165) is 37.4 Å². The molecule has 1 aromatic heterocycles. The van der Waals surface area contributed by atoms with Gasteiger partial charge in [-0.1, -0.05) is 11.8 Å². The summed E-state index contributed by atoms with van der Waals surface area (Å²) in [5.41, 5.74) is 8.50. The van der Waals surface area contributed by atoms with Gasteiger partial charge in [-0.2, -0.15) is 5.26 Å². The number of hydrogen-bond acceptors (Lipinski definition) is 4. The van der Waals surface area contributed by atoms with Crippen LogP contribution < -0.4 is 15.6 Å². The summed E-state index contributed by atoms with van der Waals surface area (Å²) in [4.78, 5) is 17.0. The molecule has 1 amide bonds. The molecule has 1 aliphatic carbocycles. The second-order valence-electron chi connectivity index (χ2n) is 6.26. The van der Waals surface area contributed by atoms with E-state index in [1.54, 1.807) is 0 Å². The molecule has 122 valence electrons. The Morgan fingerprint density at radius 2 is 1.87 bits per heavy atom. The van der Waals surface area contributed by atoms with Crippen molar-refractivity contribution in [3.63, 3.8) is 0 Å². The van der Waals surface area contributed by atoms with Gasteiger partial charge in [-0.05, 0) is 50.5 Å². The monoisotopic (exact) mass is 331 g/mol. The summed E-state index contributed by atoms with van der Waals surface area (Å²) >= 11 is 1.35. The smallest absolute Gasteiger partial charge is 0.278 e. The number of pyridine rings is 1. The van der Waals surface area contributed by atoms with Crippen molar-refractivity contribution in [3.8, 4) is 6.07 Å². The van der Waals surface area contributed by atoms with Gasteiger partial charge in [-0.3, -0.25) is 9.69 Å². The first-order valence-corrected chi connectivity index (χ1v) is 9.36. The van der Waals surface area contributed by atoms with Crippen molar-refractivity contribution < 1.29 is 9.78 Å². The Morgan fingerprint density at radius 1 is 1.17 bits per heavy atom. The van der Waals surface area contributed by atoms with E-state index in [2.05, 4.69) is 16.0 Å². The van der Waals surface area contributed by atoms with E-state index >= 15 is 0 Å². The SMILES string of the molecule is N#Cc1c(SCC(N)=O)[nH+]c(N2CCCCC2)c2c1CCCC2. The van der Waals surface area contributed by atoms with Crippen LogP contribution in [-0.4, -0.2) is 24.7 Å². The number of carbonyl (C=O) groups is 1. The number of thioether (sulfide) groups is 1. The molecule has 3 N–H and O–H groups in total. The van der Waals surface area contributed by atoms with Crippen molar-refractivity contribution in [1.82, 2.24) is 0 Å². The number of hydrogen-bond donors (Lipinski definition) is 1. The largest absolute Gasteiger partial charge is 0.369 e. The summed E-state index contributed by atoms with van der Waals surface area (Å²) in [5.74, 6) is 1.01. The Kier molecular flexibility index (Phi) is 5.06. The maximum absolute atomic E-state index is 11.1. The fourth-order valence-corrected chi connectivity index (χ4v) is 4.35. The van der Waals surface area contributed by atoms with Gasteiger partial charge in [-0.15, -0.1) is 0 Å². The topological polar surface area (TPSA) is 84.3 Å². The van der Waals surface area contributed by atoms with Crippen LogP contribution in [-0.2, 0) is 17.6 Å². The first-order valence-electron chi connectivity index (χ1n) is 8.38. The van der Waals surface area contributed by atoms with Gasteiger partial charge in [0.25, 0.3) is 5.82 Å². The second kappa shape index (κ2) is 7.22. The molecular weight excluding hydrogens is 308 g/mol. The molecule has 0 spiro atoms. The van der Waals surface area contributed by atoms with Crippen LogP contribution in [0.5, 0.6) is 0 Å². The van der Waals surface area contributed by atoms with Gasteiger partial charge >= 0.3 is 0 Å². The van der Waals surface area contributed by atoms with Crippen LogP contribution in [0.15, 0.2) is 5.03 Å². The Morgan fingerprint density at radius 3 is 2.52 bits per heavy atom. The van der Waals surface area contributed by atoms with Crippen molar-refractivity contribution in [1.29, 1.82) is 5.26 Å². The van der Waals surface area contributed by atoms with Gasteiger partial charge in [-0.25, -0.2) is 4.98 Å². The highest BCUT2D eigenvalue weighted by Crippen LogP contribution is 2.34. The highest BCUT2D eigenvalue weighted by Gasteiger charge is 2.30. The molecule has 1 saturated heterocycles. The summed E-state index contributed by atoms with van der Waals surface area (Å²) in [7, 11) is 0. The Labute approximate surface area is 141 Å². The number of aromatic amines is 1. The molecule has 1 aromatic rings. The summed E-state index contributed by atoms with van der Waals surface area (Å²) in [6.45, 7) is 2.13. The molecule has 6 heteroatoms. The second-order valence-corrected chi connectivity index (χ2v) is 7.24. The minimum Gasteiger partial charge on any atom is -0.369 e. The molecule has 0 saturated carbocycles. The average molecular weight is 331 g/mol. The Hall–Kier alpha value is -1.74. The van der Waals surface area contributed by atoms with Gasteiger partial charge < -0.3 is 5.73 Å². The molecule has 5 nitrogen and oxygen atoms in total. The highest BCUT2D eigenvalue weighted by atomic mass is 32.2. The predicted octanol–water partition coefficient (Wildman–Crippen LogP) is 1.82. The number of primary amides is 1. The van der Waals surface area contributed by atoms with E-state index in [1.807, 2.05) is 0 Å². The maximum atomic E-state index is 11.1. The minimum absolute atomic E-state index is 0.198. The minimum atomic E-state index is -0.357. The molecule has 0 aromatic carbocycles. The van der Waals surface area contributed by atoms with Crippen LogP contribution in [0.25, 0.3) is 0 Å². The molecule has 0 radical (unpaired) electrons. The van der Waals surface area contributed by atoms with E-state index in [-0.39, 0.29) is 11.7 Å². The van der Waals surface area contributed by atoms with Crippen LogP contribution >= 0.6 is 11.8 Å². The number of anilines is 1. The lowest BCUT2D eigenvalue weighted by molar-refractivity contribution is -0.414. The van der Waals surface area contributed by atoms with E-state index in [4.69, 9.17) is 5.73 Å². The summed E-state index contributed by atoms with van der Waals surface area (Å²) < 4.78 is 0. The average Bonchev–Trinajstić information content (AvgIpc) is 2.59.